The highest BCUT2D eigenvalue weighted by molar-refractivity contribution is 7.53. The van der Waals surface area contributed by atoms with Gasteiger partial charge in [0, 0.05) is 58.6 Å². The van der Waals surface area contributed by atoms with Gasteiger partial charge in [-0.25, -0.2) is 0 Å². The van der Waals surface area contributed by atoms with Crippen LogP contribution in [0.1, 0.15) is 0 Å². The SMILES string of the molecule is N.N.N.N.N.N.N.N.O=P([O-])([O-])CN(CCN(CCN(CP(=O)(O)O)CP(=O)(O)O)CP(=O)(O)O)CCN(CCN(CP(=O)(O)O)CP(=O)(O)O)CP(=O)(O)O. The summed E-state index contributed by atoms with van der Waals surface area (Å²) in [7, 11) is -34.6. The Morgan fingerprint density at radius 2 is 0.393 bits per heavy atom. The number of rotatable bonds is 26. The van der Waals surface area contributed by atoms with Crippen molar-refractivity contribution in [1.29, 1.82) is 0 Å². The molecule has 0 saturated carbocycles. The van der Waals surface area contributed by atoms with Crippen LogP contribution in [-0.2, 0) is 32.0 Å². The molecule has 0 spiro atoms. The maximum atomic E-state index is 11.7. The Kier molecular flexibility index (Phi) is 43.2. The second kappa shape index (κ2) is 31.4. The van der Waals surface area contributed by atoms with Crippen LogP contribution in [0, 0.1) is 0 Å². The summed E-state index contributed by atoms with van der Waals surface area (Å²) in [6.07, 6.45) is -7.85. The molecule has 0 atom stereocenters. The van der Waals surface area contributed by atoms with E-state index >= 15 is 0 Å². The summed E-state index contributed by atoms with van der Waals surface area (Å²) in [5, 5.41) is 0. The lowest BCUT2D eigenvalue weighted by atomic mass is 10.4. The fourth-order valence-electron chi connectivity index (χ4n) is 4.07. The van der Waals surface area contributed by atoms with Gasteiger partial charge in [0.2, 0.25) is 0 Å². The predicted octanol–water partition coefficient (Wildman–Crippen LogP) is -3.53. The summed E-state index contributed by atoms with van der Waals surface area (Å²) in [6.45, 7) is -4.03. The number of hydrogen-bond donors (Lipinski definition) is 20. The number of nitrogens with zero attached hydrogens (tertiary/aromatic N) is 5. The van der Waals surface area contributed by atoms with Gasteiger partial charge in [0.1, 0.15) is 37.7 Å². The summed E-state index contributed by atoms with van der Waals surface area (Å²) < 4.78 is 80.7. The summed E-state index contributed by atoms with van der Waals surface area (Å²) in [5.74, 6) is 0. The van der Waals surface area contributed by atoms with E-state index in [-0.39, 0.29) is 49.2 Å². The van der Waals surface area contributed by atoms with E-state index < -0.39 is 150 Å². The van der Waals surface area contributed by atoms with Crippen LogP contribution < -0.4 is 59.0 Å². The van der Waals surface area contributed by atoms with Crippen LogP contribution in [-0.4, -0.2) is 180 Å². The van der Waals surface area contributed by atoms with Gasteiger partial charge < -0.3 is 122 Å². The van der Waals surface area contributed by atoms with Gasteiger partial charge in [-0.05, 0) is 0 Å². The second-order valence-corrected chi connectivity index (χ2v) is 21.9. The largest absolute Gasteiger partial charge is 0.810 e. The van der Waals surface area contributed by atoms with Crippen molar-refractivity contribution in [3.63, 3.8) is 0 Å². The van der Waals surface area contributed by atoms with Crippen LogP contribution in [0.3, 0.4) is 0 Å². The summed E-state index contributed by atoms with van der Waals surface area (Å²) in [4.78, 5) is 139. The predicted molar refractivity (Wildman–Crippen MR) is 202 cm³/mol. The Morgan fingerprint density at radius 3 is 0.536 bits per heavy atom. The third-order valence-corrected chi connectivity index (χ3v) is 11.0. The van der Waals surface area contributed by atoms with Crippen molar-refractivity contribution in [3.05, 3.63) is 0 Å². The fourth-order valence-corrected chi connectivity index (χ4v) is 9.82. The van der Waals surface area contributed by atoms with Crippen LogP contribution in [0.15, 0.2) is 0 Å². The molecule has 0 rings (SSSR count). The van der Waals surface area contributed by atoms with E-state index in [1.807, 2.05) is 0 Å². The van der Waals surface area contributed by atoms with Gasteiger partial charge in [0.05, 0.1) is 0 Å². The molecule has 354 valence electrons. The van der Waals surface area contributed by atoms with Crippen LogP contribution in [0.5, 0.6) is 0 Å². The maximum absolute atomic E-state index is 11.7. The summed E-state index contributed by atoms with van der Waals surface area (Å²) in [5.41, 5.74) is 0. The molecular weight excluding hydrogens is 915 g/mol. The molecule has 0 radical (unpaired) electrons. The highest BCUT2D eigenvalue weighted by atomic mass is 31.2. The third kappa shape index (κ3) is 50.7. The van der Waals surface area contributed by atoms with E-state index in [1.165, 1.54) is 0 Å². The Morgan fingerprint density at radius 1 is 0.268 bits per heavy atom. The number of hydrogen-bond acceptors (Lipinski definition) is 22. The van der Waals surface area contributed by atoms with Crippen molar-refractivity contribution >= 4 is 53.2 Å². The molecule has 0 aliphatic rings. The zero-order valence-corrected chi connectivity index (χ0v) is 36.9. The molecule has 0 aliphatic heterocycles. The first-order valence-electron chi connectivity index (χ1n) is 13.0. The minimum absolute atomic E-state index is 0. The minimum atomic E-state index is -5.36. The Bertz CT molecular complexity index is 1220. The van der Waals surface area contributed by atoms with Crippen molar-refractivity contribution in [2.24, 2.45) is 0 Å². The summed E-state index contributed by atoms with van der Waals surface area (Å²) in [6, 6.07) is 0. The van der Waals surface area contributed by atoms with Gasteiger partial charge >= 0.3 is 45.6 Å². The monoisotopic (exact) mass is 981 g/mol. The molecule has 36 N–H and O–H groups in total. The van der Waals surface area contributed by atoms with E-state index in [2.05, 4.69) is 0 Å². The highest BCUT2D eigenvalue weighted by Gasteiger charge is 2.29. The maximum Gasteiger partial charge on any atom is 0.339 e. The molecule has 0 amide bonds. The average molecular weight is 982 g/mol. The molecule has 0 unspecified atom stereocenters. The molecule has 56 heavy (non-hydrogen) atoms. The summed E-state index contributed by atoms with van der Waals surface area (Å²) >= 11 is 0. The molecule has 0 heterocycles. The van der Waals surface area contributed by atoms with Gasteiger partial charge in [-0.15, -0.1) is 0 Å². The van der Waals surface area contributed by atoms with E-state index in [0.29, 0.717) is 9.80 Å². The van der Waals surface area contributed by atoms with Crippen molar-refractivity contribution < 1.29 is 100 Å². The molecule has 0 bridgehead atoms. The van der Waals surface area contributed by atoms with Gasteiger partial charge in [-0.2, -0.15) is 0 Å². The molecule has 34 nitrogen and oxygen atoms in total. The Hall–Kier alpha value is 0.530. The minimum Gasteiger partial charge on any atom is -0.810 e. The van der Waals surface area contributed by atoms with Gasteiger partial charge in [0.25, 0.3) is 0 Å². The van der Waals surface area contributed by atoms with Crippen molar-refractivity contribution in [2.45, 2.75) is 0 Å². The quantitative estimate of drug-likeness (QED) is 0.0374. The fraction of sp³-hybridized carbons (Fsp3) is 1.00. The molecule has 0 aromatic carbocycles. The van der Waals surface area contributed by atoms with Crippen LogP contribution in [0.4, 0.5) is 0 Å². The molecule has 0 fully saturated rings. The van der Waals surface area contributed by atoms with Crippen LogP contribution in [0.25, 0.3) is 0 Å². The first kappa shape index (κ1) is 77.2. The Labute approximate surface area is 323 Å². The molecule has 0 aromatic heterocycles. The van der Waals surface area contributed by atoms with E-state index in [0.717, 1.165) is 14.7 Å². The van der Waals surface area contributed by atoms with Crippen LogP contribution in [0.2, 0.25) is 0 Å². The smallest absolute Gasteiger partial charge is 0.339 e. The molecule has 0 aliphatic carbocycles. The first-order valence-corrected chi connectivity index (χ1v) is 25.5. The average Bonchev–Trinajstić information content (AvgIpc) is 2.75. The standard InChI is InChI=1S/C15H44N5O21P7.8H3N/c21-42(22,23)9-16(1-3-17(10-43(24,25)26)5-7-19(12-45(30,31)32)13-46(33,34)35)2-4-18(11-44(27,28)29)6-8-20(14-47(36,37)38)15-48(39,40)41;;;;;;;;/h1-15H2,(H2,21,22,23)(H2,24,25,26)(H2,27,28,29)(H2,30,31,32)(H2,33,34,35)(H2,36,37,38)(H2,39,40,41);8*1H3/p-2. The molecule has 41 heteroatoms. The second-order valence-electron chi connectivity index (χ2n) is 10.7. The zero-order chi connectivity index (χ0) is 38.0. The molecular formula is C15H66N13O21P7-2. The van der Waals surface area contributed by atoms with E-state index in [1.54, 1.807) is 0 Å². The van der Waals surface area contributed by atoms with Gasteiger partial charge in [-0.3, -0.25) is 51.9 Å². The molecule has 0 aromatic rings. The zero-order valence-electron chi connectivity index (χ0n) is 30.7. The first-order chi connectivity index (χ1) is 21.1. The van der Waals surface area contributed by atoms with Gasteiger partial charge in [-0.1, -0.05) is 7.60 Å². The normalized spacial score (nSPS) is 12.6. The topological polar surface area (TPSA) is 705 Å². The van der Waals surface area contributed by atoms with Crippen molar-refractivity contribution in [2.75, 3.05) is 96.4 Å². The molecule has 0 saturated heterocycles. The lowest BCUT2D eigenvalue weighted by Gasteiger charge is -2.38. The highest BCUT2D eigenvalue weighted by Crippen LogP contribution is 2.42. The lowest BCUT2D eigenvalue weighted by molar-refractivity contribution is -0.315. The van der Waals surface area contributed by atoms with E-state index in [4.69, 9.17) is 0 Å². The van der Waals surface area contributed by atoms with E-state index in [9.17, 15) is 100 Å². The van der Waals surface area contributed by atoms with Crippen LogP contribution >= 0.6 is 53.2 Å². The van der Waals surface area contributed by atoms with Crippen molar-refractivity contribution in [3.8, 4) is 0 Å². The lowest BCUT2D eigenvalue weighted by Crippen LogP contribution is -2.45. The van der Waals surface area contributed by atoms with Crippen molar-refractivity contribution in [1.82, 2.24) is 73.7 Å². The van der Waals surface area contributed by atoms with Gasteiger partial charge in [0.15, 0.2) is 0 Å². The third-order valence-electron chi connectivity index (χ3n) is 5.61. The Balaban J connectivity index is -0.000000394.